The lowest BCUT2D eigenvalue weighted by atomic mass is 10.1. The lowest BCUT2D eigenvalue weighted by Gasteiger charge is -2.25. The molecule has 0 radical (unpaired) electrons. The molecule has 0 aliphatic heterocycles. The van der Waals surface area contributed by atoms with Crippen LogP contribution in [0.1, 0.15) is 20.8 Å². The van der Waals surface area contributed by atoms with Crippen molar-refractivity contribution in [1.29, 1.82) is 0 Å². The molecule has 0 unspecified atom stereocenters. The summed E-state index contributed by atoms with van der Waals surface area (Å²) in [6.07, 6.45) is 3.30. The third-order valence-corrected chi connectivity index (χ3v) is 5.41. The zero-order chi connectivity index (χ0) is 16.4. The molecule has 0 aromatic heterocycles. The van der Waals surface area contributed by atoms with Gasteiger partial charge in [-0.3, -0.25) is 0 Å². The average Bonchev–Trinajstić information content (AvgIpc) is 2.19. The smallest absolute Gasteiger partial charge is 0.380 e. The van der Waals surface area contributed by atoms with Gasteiger partial charge in [0.1, 0.15) is 5.76 Å². The van der Waals surface area contributed by atoms with Crippen molar-refractivity contribution in [3.8, 4) is 0 Å². The Bertz CT molecular complexity index is 497. The van der Waals surface area contributed by atoms with Crippen LogP contribution in [-0.2, 0) is 14.3 Å². The predicted molar refractivity (Wildman–Crippen MR) is 76.1 cm³/mol. The Morgan fingerprint density at radius 3 is 1.90 bits per heavy atom. The molecule has 0 saturated heterocycles. The maximum atomic E-state index is 12.5. The fourth-order valence-corrected chi connectivity index (χ4v) is 3.92. The van der Waals surface area contributed by atoms with Crippen molar-refractivity contribution in [1.82, 2.24) is 0 Å². The lowest BCUT2D eigenvalue weighted by Crippen LogP contribution is -2.30. The highest BCUT2D eigenvalue weighted by molar-refractivity contribution is 7.87. The first-order valence-electron chi connectivity index (χ1n) is 6.12. The van der Waals surface area contributed by atoms with Crippen LogP contribution < -0.4 is 0 Å². The standard InChI is InChI=1S/C12H21F3O3SSi/c1-7-8-10(20(4,5)6)11(9(2)3)18-19(16,17)12(13,14)15/h7-9H,1-6H3/b8-7-,11-10-. The molecule has 118 valence electrons. The molecule has 0 N–H and O–H groups in total. The zero-order valence-corrected chi connectivity index (χ0v) is 14.3. The van der Waals surface area contributed by atoms with E-state index in [1.165, 1.54) is 0 Å². The molecule has 0 aliphatic carbocycles. The summed E-state index contributed by atoms with van der Waals surface area (Å²) in [5.74, 6) is -0.593. The molecule has 0 bridgehead atoms. The number of alkyl halides is 3. The van der Waals surface area contributed by atoms with Crippen LogP contribution in [0.25, 0.3) is 0 Å². The third kappa shape index (κ3) is 4.97. The second-order valence-corrected chi connectivity index (χ2v) is 12.2. The Morgan fingerprint density at radius 2 is 1.65 bits per heavy atom. The average molecular weight is 330 g/mol. The molecule has 20 heavy (non-hydrogen) atoms. The van der Waals surface area contributed by atoms with E-state index in [1.54, 1.807) is 32.9 Å². The second-order valence-electron chi connectivity index (χ2n) is 5.67. The van der Waals surface area contributed by atoms with Crippen LogP contribution in [0.4, 0.5) is 13.2 Å². The topological polar surface area (TPSA) is 43.4 Å². The van der Waals surface area contributed by atoms with E-state index in [0.717, 1.165) is 0 Å². The van der Waals surface area contributed by atoms with Crippen molar-refractivity contribution < 1.29 is 25.8 Å². The van der Waals surface area contributed by atoms with Crippen LogP contribution in [0, 0.1) is 5.92 Å². The molecular formula is C12H21F3O3SSi. The van der Waals surface area contributed by atoms with Gasteiger partial charge in [-0.1, -0.05) is 45.6 Å². The summed E-state index contributed by atoms with van der Waals surface area (Å²) in [4.78, 5) is 0. The Kier molecular flexibility index (Phi) is 6.10. The van der Waals surface area contributed by atoms with Gasteiger partial charge in [-0.05, 0) is 12.1 Å². The largest absolute Gasteiger partial charge is 0.534 e. The SMILES string of the molecule is C/C=C\C(=C(\OS(=O)(=O)C(F)(F)F)C(C)C)[Si](C)(C)C. The molecule has 0 rings (SSSR count). The normalized spacial score (nSPS) is 15.7. The van der Waals surface area contributed by atoms with E-state index in [1.807, 2.05) is 19.6 Å². The molecule has 0 aromatic carbocycles. The fraction of sp³-hybridized carbons (Fsp3) is 0.667. The van der Waals surface area contributed by atoms with Gasteiger partial charge in [0.25, 0.3) is 0 Å². The molecule has 0 atom stereocenters. The molecule has 0 heterocycles. The van der Waals surface area contributed by atoms with Crippen molar-refractivity contribution in [3.05, 3.63) is 23.1 Å². The van der Waals surface area contributed by atoms with Crippen LogP contribution in [-0.4, -0.2) is 22.0 Å². The summed E-state index contributed by atoms with van der Waals surface area (Å²) in [5, 5.41) is 0.558. The molecule has 3 nitrogen and oxygen atoms in total. The van der Waals surface area contributed by atoms with Gasteiger partial charge in [0.05, 0.1) is 8.07 Å². The van der Waals surface area contributed by atoms with Gasteiger partial charge in [-0.25, -0.2) is 0 Å². The number of allylic oxidation sites excluding steroid dienone is 4. The minimum atomic E-state index is -5.64. The second kappa shape index (κ2) is 6.34. The Hall–Kier alpha value is -0.763. The Labute approximate surface area is 119 Å². The minimum absolute atomic E-state index is 0.125. The van der Waals surface area contributed by atoms with Crippen LogP contribution in [0.3, 0.4) is 0 Å². The summed E-state index contributed by atoms with van der Waals surface area (Å²) < 4.78 is 64.2. The number of hydrogen-bond acceptors (Lipinski definition) is 3. The zero-order valence-electron chi connectivity index (χ0n) is 12.5. The number of hydrogen-bond donors (Lipinski definition) is 0. The van der Waals surface area contributed by atoms with Gasteiger partial charge in [0, 0.05) is 5.92 Å². The maximum Gasteiger partial charge on any atom is 0.534 e. The quantitative estimate of drug-likeness (QED) is 0.249. The molecule has 0 saturated carbocycles. The lowest BCUT2D eigenvalue weighted by molar-refractivity contribution is -0.0526. The molecule has 0 amide bonds. The first kappa shape index (κ1) is 19.2. The van der Waals surface area contributed by atoms with Crippen LogP contribution in [0.2, 0.25) is 19.6 Å². The van der Waals surface area contributed by atoms with E-state index in [2.05, 4.69) is 4.18 Å². The van der Waals surface area contributed by atoms with Crippen molar-refractivity contribution in [2.24, 2.45) is 5.92 Å². The Balaban J connectivity index is 6.03. The Morgan fingerprint density at radius 1 is 1.20 bits per heavy atom. The van der Waals surface area contributed by atoms with Crippen LogP contribution >= 0.6 is 0 Å². The summed E-state index contributed by atoms with van der Waals surface area (Å²) in [6.45, 7) is 10.7. The molecule has 0 aliphatic rings. The van der Waals surface area contributed by atoms with E-state index in [9.17, 15) is 21.6 Å². The first-order valence-corrected chi connectivity index (χ1v) is 11.0. The van der Waals surface area contributed by atoms with Gasteiger partial charge in [-0.15, -0.1) is 0 Å². The highest BCUT2D eigenvalue weighted by Gasteiger charge is 2.49. The van der Waals surface area contributed by atoms with E-state index in [4.69, 9.17) is 0 Å². The van der Waals surface area contributed by atoms with Crippen molar-refractivity contribution in [2.45, 2.75) is 45.9 Å². The van der Waals surface area contributed by atoms with Gasteiger partial charge in [-0.2, -0.15) is 21.6 Å². The highest BCUT2D eigenvalue weighted by atomic mass is 32.2. The van der Waals surface area contributed by atoms with E-state index in [0.29, 0.717) is 5.20 Å². The number of rotatable bonds is 5. The van der Waals surface area contributed by atoms with Gasteiger partial charge in [0.15, 0.2) is 0 Å². The predicted octanol–water partition coefficient (Wildman–Crippen LogP) is 4.22. The first-order chi connectivity index (χ1) is 8.74. The summed E-state index contributed by atoms with van der Waals surface area (Å²) >= 11 is 0. The minimum Gasteiger partial charge on any atom is -0.380 e. The summed E-state index contributed by atoms with van der Waals surface area (Å²) in [6, 6.07) is 0. The molecular weight excluding hydrogens is 309 g/mol. The summed E-state index contributed by atoms with van der Waals surface area (Å²) in [7, 11) is -7.69. The van der Waals surface area contributed by atoms with Gasteiger partial charge in [0.2, 0.25) is 0 Å². The van der Waals surface area contributed by atoms with E-state index >= 15 is 0 Å². The number of halogens is 3. The van der Waals surface area contributed by atoms with Gasteiger partial charge < -0.3 is 4.18 Å². The molecule has 0 spiro atoms. The molecule has 0 aromatic rings. The molecule has 0 fully saturated rings. The summed E-state index contributed by atoms with van der Waals surface area (Å²) in [5.41, 5.74) is -5.42. The monoisotopic (exact) mass is 330 g/mol. The van der Waals surface area contributed by atoms with Crippen molar-refractivity contribution in [3.63, 3.8) is 0 Å². The van der Waals surface area contributed by atoms with E-state index < -0.39 is 29.6 Å². The third-order valence-electron chi connectivity index (χ3n) is 2.41. The van der Waals surface area contributed by atoms with Gasteiger partial charge >= 0.3 is 15.6 Å². The van der Waals surface area contributed by atoms with Crippen LogP contribution in [0.5, 0.6) is 0 Å². The van der Waals surface area contributed by atoms with Crippen LogP contribution in [0.15, 0.2) is 23.1 Å². The van der Waals surface area contributed by atoms with E-state index in [-0.39, 0.29) is 5.76 Å². The molecule has 8 heteroatoms. The maximum absolute atomic E-state index is 12.5. The van der Waals surface area contributed by atoms with Crippen molar-refractivity contribution >= 4 is 18.2 Å². The van der Waals surface area contributed by atoms with Crippen molar-refractivity contribution in [2.75, 3.05) is 0 Å². The highest BCUT2D eigenvalue weighted by Crippen LogP contribution is 2.32. The fourth-order valence-electron chi connectivity index (χ4n) is 1.49.